The SMILES string of the molecule is C=CCOC[C@@]12CCCO[C@H]1CCN(Cc1cnn(C)c1)C2. The predicted molar refractivity (Wildman–Crippen MR) is 85.5 cm³/mol. The fourth-order valence-corrected chi connectivity index (χ4v) is 3.89. The van der Waals surface area contributed by atoms with Crippen LogP contribution >= 0.6 is 0 Å². The van der Waals surface area contributed by atoms with Crippen LogP contribution in [0.2, 0.25) is 0 Å². The van der Waals surface area contributed by atoms with Crippen LogP contribution < -0.4 is 0 Å². The summed E-state index contributed by atoms with van der Waals surface area (Å²) in [7, 11) is 1.97. The van der Waals surface area contributed by atoms with Crippen LogP contribution in [0, 0.1) is 5.41 Å². The first-order chi connectivity index (χ1) is 10.7. The second-order valence-corrected chi connectivity index (χ2v) is 6.65. The molecule has 3 heterocycles. The van der Waals surface area contributed by atoms with E-state index in [1.807, 2.05) is 24.0 Å². The Morgan fingerprint density at radius 3 is 3.27 bits per heavy atom. The second kappa shape index (κ2) is 6.94. The molecule has 2 aliphatic heterocycles. The van der Waals surface area contributed by atoms with Crippen molar-refractivity contribution in [3.8, 4) is 0 Å². The molecule has 2 saturated heterocycles. The molecule has 0 radical (unpaired) electrons. The lowest BCUT2D eigenvalue weighted by Gasteiger charge is -2.50. The summed E-state index contributed by atoms with van der Waals surface area (Å²) in [6.45, 7) is 9.13. The molecule has 0 unspecified atom stereocenters. The van der Waals surface area contributed by atoms with Crippen molar-refractivity contribution in [2.75, 3.05) is 32.9 Å². The highest BCUT2D eigenvalue weighted by Gasteiger charge is 2.46. The molecule has 2 aliphatic rings. The van der Waals surface area contributed by atoms with Gasteiger partial charge in [0.1, 0.15) is 0 Å². The highest BCUT2D eigenvalue weighted by Crippen LogP contribution is 2.40. The topological polar surface area (TPSA) is 39.5 Å². The zero-order chi connectivity index (χ0) is 15.4. The Kier molecular flexibility index (Phi) is 4.96. The zero-order valence-electron chi connectivity index (χ0n) is 13.5. The minimum atomic E-state index is 0.141. The van der Waals surface area contributed by atoms with Crippen LogP contribution in [0.3, 0.4) is 0 Å². The third-order valence-corrected chi connectivity index (χ3v) is 4.86. The number of fused-ring (bicyclic) bond motifs is 1. The first-order valence-electron chi connectivity index (χ1n) is 8.22. The van der Waals surface area contributed by atoms with E-state index >= 15 is 0 Å². The van der Waals surface area contributed by atoms with Crippen LogP contribution in [0.15, 0.2) is 25.0 Å². The predicted octanol–water partition coefficient (Wildman–Crippen LogP) is 1.99. The van der Waals surface area contributed by atoms with Gasteiger partial charge in [-0.2, -0.15) is 5.10 Å². The van der Waals surface area contributed by atoms with Gasteiger partial charge in [0.05, 0.1) is 25.5 Å². The smallest absolute Gasteiger partial charge is 0.0677 e. The molecule has 1 aromatic rings. The maximum Gasteiger partial charge on any atom is 0.0677 e. The molecule has 5 heteroatoms. The summed E-state index contributed by atoms with van der Waals surface area (Å²) in [5, 5.41) is 4.27. The van der Waals surface area contributed by atoms with Crippen molar-refractivity contribution in [1.29, 1.82) is 0 Å². The maximum absolute atomic E-state index is 6.07. The van der Waals surface area contributed by atoms with E-state index in [1.54, 1.807) is 0 Å². The van der Waals surface area contributed by atoms with Crippen molar-refractivity contribution in [2.45, 2.75) is 31.9 Å². The Morgan fingerprint density at radius 1 is 1.59 bits per heavy atom. The number of rotatable bonds is 6. The Labute approximate surface area is 132 Å². The first kappa shape index (κ1) is 15.7. The van der Waals surface area contributed by atoms with Gasteiger partial charge >= 0.3 is 0 Å². The van der Waals surface area contributed by atoms with Crippen LogP contribution in [-0.2, 0) is 23.1 Å². The quantitative estimate of drug-likeness (QED) is 0.595. The van der Waals surface area contributed by atoms with Crippen LogP contribution in [0.4, 0.5) is 0 Å². The molecule has 0 amide bonds. The van der Waals surface area contributed by atoms with Gasteiger partial charge < -0.3 is 9.47 Å². The Balaban J connectivity index is 1.66. The molecule has 22 heavy (non-hydrogen) atoms. The largest absolute Gasteiger partial charge is 0.377 e. The molecule has 0 aliphatic carbocycles. The lowest BCUT2D eigenvalue weighted by Crippen LogP contribution is -2.56. The van der Waals surface area contributed by atoms with E-state index in [1.165, 1.54) is 12.0 Å². The van der Waals surface area contributed by atoms with Gasteiger partial charge in [0.15, 0.2) is 0 Å². The molecule has 0 aromatic carbocycles. The van der Waals surface area contributed by atoms with E-state index in [9.17, 15) is 0 Å². The molecule has 1 aromatic heterocycles. The highest BCUT2D eigenvalue weighted by molar-refractivity contribution is 5.05. The Hall–Kier alpha value is -1.17. The van der Waals surface area contributed by atoms with Crippen molar-refractivity contribution in [1.82, 2.24) is 14.7 Å². The third-order valence-electron chi connectivity index (χ3n) is 4.86. The van der Waals surface area contributed by atoms with Crippen LogP contribution in [0.1, 0.15) is 24.8 Å². The van der Waals surface area contributed by atoms with E-state index in [0.717, 1.165) is 45.7 Å². The second-order valence-electron chi connectivity index (χ2n) is 6.65. The van der Waals surface area contributed by atoms with Gasteiger partial charge in [-0.3, -0.25) is 9.58 Å². The van der Waals surface area contributed by atoms with Crippen LogP contribution in [0.5, 0.6) is 0 Å². The van der Waals surface area contributed by atoms with Crippen LogP contribution in [-0.4, -0.2) is 53.7 Å². The number of aryl methyl sites for hydroxylation is 1. The molecular formula is C17H27N3O2. The van der Waals surface area contributed by atoms with Gasteiger partial charge in [0.2, 0.25) is 0 Å². The summed E-state index contributed by atoms with van der Waals surface area (Å²) >= 11 is 0. The van der Waals surface area contributed by atoms with Gasteiger partial charge in [0.25, 0.3) is 0 Å². The summed E-state index contributed by atoms with van der Waals surface area (Å²) in [4.78, 5) is 2.53. The van der Waals surface area contributed by atoms with Crippen LogP contribution in [0.25, 0.3) is 0 Å². The lowest BCUT2D eigenvalue weighted by atomic mass is 9.73. The van der Waals surface area contributed by atoms with Gasteiger partial charge in [-0.25, -0.2) is 0 Å². The Bertz CT molecular complexity index is 502. The van der Waals surface area contributed by atoms with E-state index < -0.39 is 0 Å². The minimum Gasteiger partial charge on any atom is -0.377 e. The van der Waals surface area contributed by atoms with Crippen molar-refractivity contribution < 1.29 is 9.47 Å². The van der Waals surface area contributed by atoms with Gasteiger partial charge in [-0.05, 0) is 19.3 Å². The lowest BCUT2D eigenvalue weighted by molar-refractivity contribution is -0.152. The summed E-state index contributed by atoms with van der Waals surface area (Å²) in [5.74, 6) is 0. The summed E-state index contributed by atoms with van der Waals surface area (Å²) in [6, 6.07) is 0. The molecule has 0 spiro atoms. The standard InChI is InChI=1S/C17H27N3O2/c1-3-8-21-14-17-6-4-9-22-16(17)5-7-20(13-17)12-15-10-18-19(2)11-15/h3,10-11,16H,1,4-9,12-14H2,2H3/t16-,17-/m0/s1. The number of hydrogen-bond acceptors (Lipinski definition) is 4. The number of nitrogens with zero attached hydrogens (tertiary/aromatic N) is 3. The molecule has 2 fully saturated rings. The fourth-order valence-electron chi connectivity index (χ4n) is 3.89. The monoisotopic (exact) mass is 305 g/mol. The molecule has 5 nitrogen and oxygen atoms in total. The number of aromatic nitrogens is 2. The number of piperidine rings is 1. The van der Waals surface area contributed by atoms with E-state index in [-0.39, 0.29) is 5.41 Å². The fraction of sp³-hybridized carbons (Fsp3) is 0.706. The van der Waals surface area contributed by atoms with E-state index in [4.69, 9.17) is 9.47 Å². The first-order valence-corrected chi connectivity index (χ1v) is 8.22. The zero-order valence-corrected chi connectivity index (χ0v) is 13.5. The van der Waals surface area contributed by atoms with Crippen molar-refractivity contribution in [3.63, 3.8) is 0 Å². The van der Waals surface area contributed by atoms with Crippen molar-refractivity contribution in [3.05, 3.63) is 30.6 Å². The molecule has 2 atom stereocenters. The summed E-state index contributed by atoms with van der Waals surface area (Å²) < 4.78 is 13.8. The summed E-state index contributed by atoms with van der Waals surface area (Å²) in [6.07, 6.45) is 9.65. The number of ether oxygens (including phenoxy) is 2. The molecular weight excluding hydrogens is 278 g/mol. The number of hydrogen-bond donors (Lipinski definition) is 0. The number of likely N-dealkylation sites (tertiary alicyclic amines) is 1. The molecule has 122 valence electrons. The van der Waals surface area contributed by atoms with Gasteiger partial charge in [-0.1, -0.05) is 6.08 Å². The van der Waals surface area contributed by atoms with Gasteiger partial charge in [0, 0.05) is 50.5 Å². The van der Waals surface area contributed by atoms with Crippen molar-refractivity contribution >= 4 is 0 Å². The maximum atomic E-state index is 6.07. The third kappa shape index (κ3) is 3.42. The molecule has 3 rings (SSSR count). The molecule has 0 saturated carbocycles. The highest BCUT2D eigenvalue weighted by atomic mass is 16.5. The average Bonchev–Trinajstić information content (AvgIpc) is 2.92. The van der Waals surface area contributed by atoms with E-state index in [0.29, 0.717) is 12.7 Å². The van der Waals surface area contributed by atoms with E-state index in [2.05, 4.69) is 22.8 Å². The van der Waals surface area contributed by atoms with Crippen molar-refractivity contribution in [2.24, 2.45) is 12.5 Å². The van der Waals surface area contributed by atoms with Gasteiger partial charge in [-0.15, -0.1) is 6.58 Å². The molecule has 0 N–H and O–H groups in total. The normalized spacial score (nSPS) is 29.2. The minimum absolute atomic E-state index is 0.141. The summed E-state index contributed by atoms with van der Waals surface area (Å²) in [5.41, 5.74) is 1.42. The molecule has 0 bridgehead atoms. The average molecular weight is 305 g/mol. The Morgan fingerprint density at radius 2 is 2.50 bits per heavy atom.